The predicted molar refractivity (Wildman–Crippen MR) is 114 cm³/mol. The van der Waals surface area contributed by atoms with Gasteiger partial charge in [0.1, 0.15) is 11.3 Å². The predicted octanol–water partition coefficient (Wildman–Crippen LogP) is 3.74. The molecule has 156 valence electrons. The van der Waals surface area contributed by atoms with E-state index in [1.807, 2.05) is 12.3 Å². The Labute approximate surface area is 173 Å². The highest BCUT2D eigenvalue weighted by Crippen LogP contribution is 2.39. The first-order valence-corrected chi connectivity index (χ1v) is 11.5. The van der Waals surface area contributed by atoms with E-state index in [1.54, 1.807) is 0 Å². The number of piperidine rings is 1. The normalized spacial score (nSPS) is 25.1. The third kappa shape index (κ3) is 3.56. The maximum atomic E-state index is 13.2. The van der Waals surface area contributed by atoms with E-state index in [4.69, 9.17) is 4.98 Å². The number of carbonyl (C=O) groups excluding carboxylic acids is 1. The first-order chi connectivity index (χ1) is 14.2. The van der Waals surface area contributed by atoms with Crippen LogP contribution in [0.1, 0.15) is 75.6 Å². The highest BCUT2D eigenvalue weighted by Gasteiger charge is 2.34. The number of hydrogen-bond donors (Lipinski definition) is 0. The van der Waals surface area contributed by atoms with Crippen LogP contribution in [0.4, 0.5) is 0 Å². The number of hydrogen-bond acceptors (Lipinski definition) is 4. The molecular formula is C23H33N5O. The van der Waals surface area contributed by atoms with E-state index in [-0.39, 0.29) is 6.04 Å². The molecular weight excluding hydrogens is 362 g/mol. The molecule has 1 aliphatic carbocycles. The van der Waals surface area contributed by atoms with Gasteiger partial charge in [-0.1, -0.05) is 19.3 Å². The average molecular weight is 396 g/mol. The van der Waals surface area contributed by atoms with Gasteiger partial charge < -0.3 is 9.47 Å². The van der Waals surface area contributed by atoms with Crippen molar-refractivity contribution in [3.8, 4) is 0 Å². The number of imidazole rings is 1. The number of fused-ring (bicyclic) bond motifs is 1. The van der Waals surface area contributed by atoms with Gasteiger partial charge in [0.05, 0.1) is 6.04 Å². The SMILES string of the molecule is CN1CCCCCC1C(=O)N1CCC(n2c(C3CCC3)nc3cccnc32)CC1. The van der Waals surface area contributed by atoms with E-state index in [0.29, 0.717) is 17.9 Å². The molecule has 1 unspecified atom stereocenters. The minimum atomic E-state index is 0.0790. The third-order valence-corrected chi connectivity index (χ3v) is 7.39. The summed E-state index contributed by atoms with van der Waals surface area (Å²) in [6.45, 7) is 2.75. The van der Waals surface area contributed by atoms with Crippen molar-refractivity contribution in [2.24, 2.45) is 0 Å². The Morgan fingerprint density at radius 2 is 1.83 bits per heavy atom. The molecule has 6 heteroatoms. The summed E-state index contributed by atoms with van der Waals surface area (Å²) in [5, 5.41) is 0. The molecule has 0 N–H and O–H groups in total. The van der Waals surface area contributed by atoms with Gasteiger partial charge in [-0.3, -0.25) is 9.69 Å². The van der Waals surface area contributed by atoms with Crippen LogP contribution in [0, 0.1) is 0 Å². The molecule has 0 radical (unpaired) electrons. The quantitative estimate of drug-likeness (QED) is 0.794. The van der Waals surface area contributed by atoms with Crippen molar-refractivity contribution in [2.75, 3.05) is 26.7 Å². The van der Waals surface area contributed by atoms with Crippen LogP contribution < -0.4 is 0 Å². The smallest absolute Gasteiger partial charge is 0.239 e. The summed E-state index contributed by atoms with van der Waals surface area (Å²) in [6.07, 6.45) is 12.3. The molecule has 2 aromatic heterocycles. The molecule has 5 rings (SSSR count). The number of rotatable bonds is 3. The van der Waals surface area contributed by atoms with E-state index in [0.717, 1.165) is 50.1 Å². The van der Waals surface area contributed by atoms with Gasteiger partial charge in [-0.05, 0) is 64.3 Å². The fourth-order valence-electron chi connectivity index (χ4n) is 5.38. The van der Waals surface area contributed by atoms with Crippen molar-refractivity contribution in [1.29, 1.82) is 0 Å². The van der Waals surface area contributed by atoms with E-state index < -0.39 is 0 Å². The Morgan fingerprint density at radius 3 is 2.59 bits per heavy atom. The van der Waals surface area contributed by atoms with Crippen LogP contribution in [0.15, 0.2) is 18.3 Å². The lowest BCUT2D eigenvalue weighted by atomic mass is 9.84. The Hall–Kier alpha value is -1.95. The number of aromatic nitrogens is 3. The van der Waals surface area contributed by atoms with Gasteiger partial charge in [-0.25, -0.2) is 9.97 Å². The van der Waals surface area contributed by atoms with Crippen molar-refractivity contribution >= 4 is 17.1 Å². The van der Waals surface area contributed by atoms with Crippen molar-refractivity contribution < 1.29 is 4.79 Å². The number of amides is 1. The largest absolute Gasteiger partial charge is 0.341 e. The lowest BCUT2D eigenvalue weighted by Gasteiger charge is -2.37. The lowest BCUT2D eigenvalue weighted by Crippen LogP contribution is -2.49. The molecule has 1 atom stereocenters. The van der Waals surface area contributed by atoms with Crippen LogP contribution in [0.3, 0.4) is 0 Å². The summed E-state index contributed by atoms with van der Waals surface area (Å²) >= 11 is 0. The van der Waals surface area contributed by atoms with E-state index in [9.17, 15) is 4.79 Å². The van der Waals surface area contributed by atoms with Gasteiger partial charge in [0.15, 0.2) is 5.65 Å². The molecule has 0 spiro atoms. The van der Waals surface area contributed by atoms with Crippen LogP contribution in [-0.4, -0.2) is 63.0 Å². The Kier molecular flexibility index (Phi) is 5.29. The van der Waals surface area contributed by atoms with Gasteiger partial charge in [0.2, 0.25) is 5.91 Å². The standard InChI is InChI=1S/C23H33N5O/c1-26-14-4-2-3-10-20(26)23(29)27-15-11-18(12-16-27)28-21(17-7-5-8-17)25-19-9-6-13-24-22(19)28/h6,9,13,17-18,20H,2-5,7-8,10-12,14-16H2,1H3. The maximum absolute atomic E-state index is 13.2. The second-order valence-corrected chi connectivity index (χ2v) is 9.22. The molecule has 3 aliphatic rings. The third-order valence-electron chi connectivity index (χ3n) is 7.39. The minimum Gasteiger partial charge on any atom is -0.341 e. The van der Waals surface area contributed by atoms with Crippen LogP contribution in [0.5, 0.6) is 0 Å². The number of carbonyl (C=O) groups is 1. The van der Waals surface area contributed by atoms with Gasteiger partial charge in [0.25, 0.3) is 0 Å². The summed E-state index contributed by atoms with van der Waals surface area (Å²) in [7, 11) is 2.12. The van der Waals surface area contributed by atoms with Crippen molar-refractivity contribution in [3.63, 3.8) is 0 Å². The Morgan fingerprint density at radius 1 is 1.00 bits per heavy atom. The Balaban J connectivity index is 1.32. The molecule has 0 bridgehead atoms. The fraction of sp³-hybridized carbons (Fsp3) is 0.696. The Bertz CT molecular complexity index is 865. The summed E-state index contributed by atoms with van der Waals surface area (Å²) < 4.78 is 2.43. The number of nitrogens with zero attached hydrogens (tertiary/aromatic N) is 5. The molecule has 29 heavy (non-hydrogen) atoms. The molecule has 4 heterocycles. The highest BCUT2D eigenvalue weighted by atomic mass is 16.2. The molecule has 1 saturated carbocycles. The average Bonchev–Trinajstić information content (AvgIpc) is 2.93. The van der Waals surface area contributed by atoms with Gasteiger partial charge in [0, 0.05) is 31.2 Å². The molecule has 1 amide bonds. The van der Waals surface area contributed by atoms with Crippen LogP contribution in [-0.2, 0) is 4.79 Å². The molecule has 6 nitrogen and oxygen atoms in total. The van der Waals surface area contributed by atoms with E-state index in [2.05, 4.69) is 32.5 Å². The second-order valence-electron chi connectivity index (χ2n) is 9.22. The zero-order valence-electron chi connectivity index (χ0n) is 17.6. The molecule has 3 fully saturated rings. The molecule has 2 aliphatic heterocycles. The molecule has 2 aromatic rings. The molecule has 2 saturated heterocycles. The summed E-state index contributed by atoms with van der Waals surface area (Å²) in [6, 6.07) is 4.55. The highest BCUT2D eigenvalue weighted by molar-refractivity contribution is 5.82. The van der Waals surface area contributed by atoms with Gasteiger partial charge >= 0.3 is 0 Å². The van der Waals surface area contributed by atoms with Gasteiger partial charge in [-0.2, -0.15) is 0 Å². The zero-order chi connectivity index (χ0) is 19.8. The monoisotopic (exact) mass is 395 g/mol. The number of likely N-dealkylation sites (tertiary alicyclic amines) is 2. The first kappa shape index (κ1) is 19.0. The number of pyridine rings is 1. The molecule has 0 aromatic carbocycles. The summed E-state index contributed by atoms with van der Waals surface area (Å²) in [5.74, 6) is 2.17. The van der Waals surface area contributed by atoms with Gasteiger partial charge in [-0.15, -0.1) is 0 Å². The summed E-state index contributed by atoms with van der Waals surface area (Å²) in [4.78, 5) is 27.3. The van der Waals surface area contributed by atoms with Crippen molar-refractivity contribution in [2.45, 2.75) is 75.8 Å². The first-order valence-electron chi connectivity index (χ1n) is 11.5. The van der Waals surface area contributed by atoms with Crippen LogP contribution >= 0.6 is 0 Å². The van der Waals surface area contributed by atoms with Crippen LogP contribution in [0.25, 0.3) is 11.2 Å². The lowest BCUT2D eigenvalue weighted by molar-refractivity contribution is -0.138. The maximum Gasteiger partial charge on any atom is 0.239 e. The summed E-state index contributed by atoms with van der Waals surface area (Å²) in [5.41, 5.74) is 2.05. The minimum absolute atomic E-state index is 0.0790. The van der Waals surface area contributed by atoms with E-state index in [1.165, 1.54) is 44.3 Å². The zero-order valence-corrected chi connectivity index (χ0v) is 17.6. The number of likely N-dealkylation sites (N-methyl/N-ethyl adjacent to an activating group) is 1. The van der Waals surface area contributed by atoms with Crippen molar-refractivity contribution in [3.05, 3.63) is 24.2 Å². The van der Waals surface area contributed by atoms with E-state index >= 15 is 0 Å². The van der Waals surface area contributed by atoms with Crippen LogP contribution in [0.2, 0.25) is 0 Å². The topological polar surface area (TPSA) is 54.3 Å². The fourth-order valence-corrected chi connectivity index (χ4v) is 5.38. The van der Waals surface area contributed by atoms with Crippen molar-refractivity contribution in [1.82, 2.24) is 24.3 Å². The second kappa shape index (κ2) is 8.05.